The highest BCUT2D eigenvalue weighted by Gasteiger charge is 2.51. The van der Waals surface area contributed by atoms with Gasteiger partial charge in [-0.05, 0) is 40.5 Å². The Morgan fingerprint density at radius 2 is 1.83 bits per heavy atom. The summed E-state index contributed by atoms with van der Waals surface area (Å²) >= 11 is 6.30. The smallest absolute Gasteiger partial charge is 0.312 e. The summed E-state index contributed by atoms with van der Waals surface area (Å²) < 4.78 is 5.58. The molecule has 1 heterocycles. The predicted octanol–water partition coefficient (Wildman–Crippen LogP) is 2.92. The molecule has 0 aromatic heterocycles. The van der Waals surface area contributed by atoms with Crippen molar-refractivity contribution in [3.63, 3.8) is 0 Å². The summed E-state index contributed by atoms with van der Waals surface area (Å²) in [5, 5.41) is 11.2. The number of nitrogens with zero attached hydrogens (tertiary/aromatic N) is 1. The van der Waals surface area contributed by atoms with Crippen LogP contribution in [0.15, 0.2) is 0 Å². The van der Waals surface area contributed by atoms with Gasteiger partial charge in [0.25, 0.3) is 0 Å². The number of esters is 1. The van der Waals surface area contributed by atoms with E-state index in [0.29, 0.717) is 12.8 Å². The van der Waals surface area contributed by atoms with E-state index in [1.165, 1.54) is 5.06 Å². The summed E-state index contributed by atoms with van der Waals surface area (Å²) in [5.74, 6) is -0.123. The molecule has 4 nitrogen and oxygen atoms in total. The molecule has 2 unspecified atom stereocenters. The summed E-state index contributed by atoms with van der Waals surface area (Å²) in [6, 6.07) is 0. The molecule has 0 aromatic carbocycles. The van der Waals surface area contributed by atoms with E-state index >= 15 is 0 Å². The lowest BCUT2D eigenvalue weighted by Crippen LogP contribution is -2.59. The molecule has 1 aliphatic heterocycles. The van der Waals surface area contributed by atoms with Crippen molar-refractivity contribution in [2.24, 2.45) is 5.41 Å². The van der Waals surface area contributed by atoms with Gasteiger partial charge in [-0.15, -0.1) is 0 Å². The van der Waals surface area contributed by atoms with E-state index in [-0.39, 0.29) is 17.5 Å². The molecule has 2 aliphatic rings. The van der Waals surface area contributed by atoms with Gasteiger partial charge >= 0.3 is 5.97 Å². The molecule has 1 aliphatic carbocycles. The first-order valence-electron chi connectivity index (χ1n) is 6.46. The molecular formula is C13H22ClNO3. The van der Waals surface area contributed by atoms with Gasteiger partial charge in [0.1, 0.15) is 11.1 Å². The number of hydrogen-bond donors (Lipinski definition) is 1. The number of halogens is 1. The van der Waals surface area contributed by atoms with E-state index in [2.05, 4.69) is 0 Å². The Morgan fingerprint density at radius 1 is 1.28 bits per heavy atom. The molecule has 0 radical (unpaired) electrons. The van der Waals surface area contributed by atoms with Crippen molar-refractivity contribution < 1.29 is 14.7 Å². The SMILES string of the molecule is CC1(C(=O)OC2CC(C)(C)N(O)C(C)(Cl)C2)CC1. The molecule has 18 heavy (non-hydrogen) atoms. The Bertz CT molecular complexity index is 345. The quantitative estimate of drug-likeness (QED) is 0.478. The number of ether oxygens (including phenoxy) is 1. The maximum atomic E-state index is 12.0. The second-order valence-electron chi connectivity index (χ2n) is 6.76. The number of carbonyl (C=O) groups is 1. The average molecular weight is 276 g/mol. The molecule has 2 fully saturated rings. The highest BCUT2D eigenvalue weighted by molar-refractivity contribution is 6.23. The van der Waals surface area contributed by atoms with Crippen LogP contribution in [0.4, 0.5) is 0 Å². The molecule has 1 saturated carbocycles. The molecule has 2 atom stereocenters. The van der Waals surface area contributed by atoms with Crippen LogP contribution in [0.3, 0.4) is 0 Å². The van der Waals surface area contributed by atoms with Gasteiger partial charge < -0.3 is 9.94 Å². The maximum absolute atomic E-state index is 12.0. The molecule has 1 N–H and O–H groups in total. The number of rotatable bonds is 2. The molecule has 104 valence electrons. The normalized spacial score (nSPS) is 38.2. The number of hydroxylamine groups is 2. The highest BCUT2D eigenvalue weighted by atomic mass is 35.5. The number of alkyl halides is 1. The van der Waals surface area contributed by atoms with Crippen LogP contribution < -0.4 is 0 Å². The molecule has 0 aromatic rings. The molecule has 0 bridgehead atoms. The minimum Gasteiger partial charge on any atom is -0.462 e. The van der Waals surface area contributed by atoms with Gasteiger partial charge in [0.15, 0.2) is 0 Å². The molecule has 0 amide bonds. The minimum absolute atomic E-state index is 0.123. The monoisotopic (exact) mass is 275 g/mol. The van der Waals surface area contributed by atoms with Crippen molar-refractivity contribution >= 4 is 17.6 Å². The van der Waals surface area contributed by atoms with Crippen molar-refractivity contribution in [1.29, 1.82) is 0 Å². The largest absolute Gasteiger partial charge is 0.462 e. The number of carbonyl (C=O) groups excluding carboxylic acids is 1. The summed E-state index contributed by atoms with van der Waals surface area (Å²) in [7, 11) is 0. The lowest BCUT2D eigenvalue weighted by Gasteiger charge is -2.49. The fraction of sp³-hybridized carbons (Fsp3) is 0.923. The zero-order chi connectivity index (χ0) is 13.8. The van der Waals surface area contributed by atoms with Gasteiger partial charge in [-0.1, -0.05) is 11.6 Å². The van der Waals surface area contributed by atoms with Crippen LogP contribution in [0.25, 0.3) is 0 Å². The zero-order valence-electron chi connectivity index (χ0n) is 11.5. The molecule has 1 saturated heterocycles. The fourth-order valence-corrected chi connectivity index (χ4v) is 3.02. The van der Waals surface area contributed by atoms with Gasteiger partial charge in [0.05, 0.1) is 5.41 Å². The standard InChI is InChI=1S/C13H22ClNO3/c1-11(2)7-9(8-13(4,14)15(11)17)18-10(16)12(3)5-6-12/h9,17H,5-8H2,1-4H3. The Balaban J connectivity index is 2.04. The van der Waals surface area contributed by atoms with Crippen molar-refractivity contribution in [2.75, 3.05) is 0 Å². The minimum atomic E-state index is -0.892. The van der Waals surface area contributed by atoms with Gasteiger partial charge in [0, 0.05) is 18.4 Å². The third-order valence-electron chi connectivity index (χ3n) is 4.11. The number of piperidine rings is 1. The first-order valence-corrected chi connectivity index (χ1v) is 6.84. The summed E-state index contributed by atoms with van der Waals surface area (Å²) in [4.78, 5) is 11.1. The zero-order valence-corrected chi connectivity index (χ0v) is 12.3. The van der Waals surface area contributed by atoms with Crippen LogP contribution in [0.5, 0.6) is 0 Å². The van der Waals surface area contributed by atoms with Crippen LogP contribution in [-0.4, -0.2) is 32.9 Å². The van der Waals surface area contributed by atoms with Crippen molar-refractivity contribution in [3.8, 4) is 0 Å². The average Bonchev–Trinajstić information content (AvgIpc) is 2.93. The van der Waals surface area contributed by atoms with E-state index in [1.54, 1.807) is 6.92 Å². The first kappa shape index (κ1) is 14.1. The van der Waals surface area contributed by atoms with Crippen LogP contribution in [0.1, 0.15) is 53.4 Å². The van der Waals surface area contributed by atoms with Gasteiger partial charge in [-0.2, -0.15) is 5.06 Å². The fourth-order valence-electron chi connectivity index (χ4n) is 2.62. The Kier molecular flexibility index (Phi) is 3.20. The molecular weight excluding hydrogens is 254 g/mol. The number of hydrogen-bond acceptors (Lipinski definition) is 4. The second-order valence-corrected chi connectivity index (χ2v) is 7.58. The van der Waals surface area contributed by atoms with E-state index in [9.17, 15) is 10.0 Å². The molecule has 2 rings (SSSR count). The van der Waals surface area contributed by atoms with Crippen LogP contribution in [0, 0.1) is 5.41 Å². The van der Waals surface area contributed by atoms with E-state index in [1.807, 2.05) is 20.8 Å². The third-order valence-corrected chi connectivity index (χ3v) is 4.42. The lowest BCUT2D eigenvalue weighted by molar-refractivity contribution is -0.241. The summed E-state index contributed by atoms with van der Waals surface area (Å²) in [6.45, 7) is 7.47. The molecule has 0 spiro atoms. The highest BCUT2D eigenvalue weighted by Crippen LogP contribution is 2.47. The Hall–Kier alpha value is -0.320. The van der Waals surface area contributed by atoms with E-state index in [4.69, 9.17) is 16.3 Å². The third kappa shape index (κ3) is 2.51. The van der Waals surface area contributed by atoms with Crippen molar-refractivity contribution in [2.45, 2.75) is 70.0 Å². The predicted molar refractivity (Wildman–Crippen MR) is 68.4 cm³/mol. The second kappa shape index (κ2) is 4.09. The summed E-state index contributed by atoms with van der Waals surface area (Å²) in [6.07, 6.45) is 2.62. The maximum Gasteiger partial charge on any atom is 0.312 e. The first-order chi connectivity index (χ1) is 8.07. The van der Waals surface area contributed by atoms with E-state index < -0.39 is 10.5 Å². The van der Waals surface area contributed by atoms with Crippen molar-refractivity contribution in [3.05, 3.63) is 0 Å². The summed E-state index contributed by atoms with van der Waals surface area (Å²) in [5.41, 5.74) is -0.770. The van der Waals surface area contributed by atoms with Crippen molar-refractivity contribution in [1.82, 2.24) is 5.06 Å². The van der Waals surface area contributed by atoms with Gasteiger partial charge in [-0.3, -0.25) is 4.79 Å². The topological polar surface area (TPSA) is 49.8 Å². The van der Waals surface area contributed by atoms with Gasteiger partial charge in [-0.25, -0.2) is 0 Å². The van der Waals surface area contributed by atoms with Crippen LogP contribution in [-0.2, 0) is 9.53 Å². The van der Waals surface area contributed by atoms with Crippen LogP contribution in [0.2, 0.25) is 0 Å². The molecule has 5 heteroatoms. The lowest BCUT2D eigenvalue weighted by atomic mass is 9.86. The van der Waals surface area contributed by atoms with Gasteiger partial charge in [0.2, 0.25) is 0 Å². The van der Waals surface area contributed by atoms with Crippen LogP contribution >= 0.6 is 11.6 Å². The Morgan fingerprint density at radius 3 is 2.28 bits per heavy atom. The Labute approximate surface area is 113 Å². The van der Waals surface area contributed by atoms with E-state index in [0.717, 1.165) is 12.8 Å².